The molecule has 0 spiro atoms. The summed E-state index contributed by atoms with van der Waals surface area (Å²) in [6, 6.07) is 0. The fourth-order valence-corrected chi connectivity index (χ4v) is 3.55. The highest BCUT2D eigenvalue weighted by Crippen LogP contribution is 2.41. The zero-order chi connectivity index (χ0) is 18.4. The predicted molar refractivity (Wildman–Crippen MR) is 91.8 cm³/mol. The second-order valence-corrected chi connectivity index (χ2v) is 7.55. The largest absolute Gasteiger partial charge is 0.454 e. The Kier molecular flexibility index (Phi) is 4.54. The normalized spacial score (nSPS) is 36.0. The average Bonchev–Trinajstić information content (AvgIpc) is 3.10. The van der Waals surface area contributed by atoms with Gasteiger partial charge in [-0.1, -0.05) is 17.7 Å². The molecular weight excluding hydrogens is 320 g/mol. The Labute approximate surface area is 147 Å². The summed E-state index contributed by atoms with van der Waals surface area (Å²) in [5.41, 5.74) is 1.32. The van der Waals surface area contributed by atoms with Gasteiger partial charge in [0.25, 0.3) is 0 Å². The fourth-order valence-electron chi connectivity index (χ4n) is 3.55. The monoisotopic (exact) mass is 344 g/mol. The second-order valence-electron chi connectivity index (χ2n) is 7.55. The van der Waals surface area contributed by atoms with Gasteiger partial charge in [0.2, 0.25) is 0 Å². The highest BCUT2D eigenvalue weighted by Gasteiger charge is 2.61. The first-order chi connectivity index (χ1) is 11.7. The topological polar surface area (TPSA) is 73.0 Å². The van der Waals surface area contributed by atoms with E-state index in [0.717, 1.165) is 11.1 Å². The lowest BCUT2D eigenvalue weighted by Crippen LogP contribution is -2.29. The van der Waals surface area contributed by atoms with Crippen molar-refractivity contribution >= 4 is 17.5 Å². The molecule has 0 saturated carbocycles. The number of Topliss-reactive ketones (excluding diaryl/α,β-unsaturated/α-hetero) is 1. The van der Waals surface area contributed by atoms with Gasteiger partial charge in [-0.2, -0.15) is 0 Å². The van der Waals surface area contributed by atoms with Crippen molar-refractivity contribution in [2.75, 3.05) is 0 Å². The first-order valence-electron chi connectivity index (χ1n) is 8.70. The number of epoxide rings is 1. The Bertz CT molecular complexity index is 714. The van der Waals surface area contributed by atoms with Crippen molar-refractivity contribution in [1.29, 1.82) is 0 Å². The minimum Gasteiger partial charge on any atom is -0.454 e. The summed E-state index contributed by atoms with van der Waals surface area (Å²) in [6.45, 7) is 9.36. The van der Waals surface area contributed by atoms with E-state index < -0.39 is 11.7 Å². The minimum atomic E-state index is -1.03. The number of hydrogen-bond acceptors (Lipinski definition) is 5. The maximum atomic E-state index is 12.7. The van der Waals surface area contributed by atoms with Crippen LogP contribution in [-0.4, -0.2) is 35.3 Å². The number of rotatable bonds is 1. The van der Waals surface area contributed by atoms with Crippen LogP contribution in [0.25, 0.3) is 0 Å². The third-order valence-corrected chi connectivity index (χ3v) is 5.33. The number of carbonyl (C=O) groups is 3. The summed E-state index contributed by atoms with van der Waals surface area (Å²) in [4.78, 5) is 37.1. The number of hydrogen-bond donors (Lipinski definition) is 0. The van der Waals surface area contributed by atoms with Gasteiger partial charge in [-0.3, -0.25) is 9.59 Å². The van der Waals surface area contributed by atoms with Crippen LogP contribution in [0.3, 0.4) is 0 Å². The number of fused-ring (bicyclic) bond motifs is 2. The molecule has 25 heavy (non-hydrogen) atoms. The van der Waals surface area contributed by atoms with E-state index in [9.17, 15) is 14.4 Å². The Morgan fingerprint density at radius 2 is 2.00 bits per heavy atom. The van der Waals surface area contributed by atoms with Crippen LogP contribution >= 0.6 is 0 Å². The summed E-state index contributed by atoms with van der Waals surface area (Å²) >= 11 is 0. The molecule has 134 valence electrons. The maximum absolute atomic E-state index is 12.7. The van der Waals surface area contributed by atoms with E-state index in [4.69, 9.17) is 9.47 Å². The maximum Gasteiger partial charge on any atom is 0.334 e. The molecule has 1 fully saturated rings. The molecule has 0 amide bonds. The van der Waals surface area contributed by atoms with Crippen molar-refractivity contribution in [3.05, 3.63) is 35.5 Å². The van der Waals surface area contributed by atoms with Crippen molar-refractivity contribution in [2.45, 2.75) is 64.3 Å². The third kappa shape index (κ3) is 3.52. The number of carbonyl (C=O) groups excluding carboxylic acids is 3. The van der Waals surface area contributed by atoms with E-state index in [1.165, 1.54) is 6.08 Å². The zero-order valence-corrected chi connectivity index (χ0v) is 15.0. The van der Waals surface area contributed by atoms with E-state index >= 15 is 0 Å². The van der Waals surface area contributed by atoms with Gasteiger partial charge in [-0.25, -0.2) is 4.79 Å². The summed E-state index contributed by atoms with van der Waals surface area (Å²) < 4.78 is 10.9. The quantitative estimate of drug-likeness (QED) is 0.415. The minimum absolute atomic E-state index is 0.0442. The molecule has 0 radical (unpaired) electrons. The molecule has 3 aliphatic rings. The van der Waals surface area contributed by atoms with E-state index in [1.54, 1.807) is 6.92 Å². The molecule has 0 aromatic heterocycles. The molecule has 0 aromatic rings. The Morgan fingerprint density at radius 3 is 2.68 bits per heavy atom. The predicted octanol–water partition coefficient (Wildman–Crippen LogP) is 2.85. The van der Waals surface area contributed by atoms with Crippen LogP contribution in [0.2, 0.25) is 0 Å². The highest BCUT2D eigenvalue weighted by atomic mass is 16.6. The molecule has 2 aliphatic heterocycles. The lowest BCUT2D eigenvalue weighted by Gasteiger charge is -2.17. The number of ketones is 2. The number of ether oxygens (including phenoxy) is 2. The molecule has 1 aliphatic carbocycles. The first kappa shape index (κ1) is 17.8. The fraction of sp³-hybridized carbons (Fsp3) is 0.550. The van der Waals surface area contributed by atoms with Crippen LogP contribution in [0.1, 0.15) is 46.5 Å². The first-order valence-corrected chi connectivity index (χ1v) is 8.70. The van der Waals surface area contributed by atoms with Crippen LogP contribution in [-0.2, 0) is 23.9 Å². The van der Waals surface area contributed by atoms with Crippen molar-refractivity contribution in [3.8, 4) is 0 Å². The summed E-state index contributed by atoms with van der Waals surface area (Å²) in [5.74, 6) is -0.630. The average molecular weight is 344 g/mol. The molecule has 2 bridgehead atoms. The van der Waals surface area contributed by atoms with Crippen molar-refractivity contribution in [2.24, 2.45) is 5.92 Å². The smallest absolute Gasteiger partial charge is 0.334 e. The lowest BCUT2D eigenvalue weighted by molar-refractivity contribution is -0.139. The molecule has 3 rings (SSSR count). The van der Waals surface area contributed by atoms with E-state index in [2.05, 4.69) is 6.58 Å². The Balaban J connectivity index is 1.88. The van der Waals surface area contributed by atoms with Crippen LogP contribution in [0.15, 0.2) is 35.5 Å². The standard InChI is InChI=1S/C20H24O5/c1-11(2)13-5-6-14-9-15(24-19(14)23)7-12(3)8-16(21)18-20(4,25-18)17(22)10-13/h8-9,13,15,18H,1,5-7,10H2,2-4H3. The summed E-state index contributed by atoms with van der Waals surface area (Å²) in [7, 11) is 0. The third-order valence-electron chi connectivity index (χ3n) is 5.33. The molecule has 2 heterocycles. The molecule has 5 nitrogen and oxygen atoms in total. The van der Waals surface area contributed by atoms with Gasteiger partial charge in [-0.05, 0) is 51.7 Å². The number of esters is 1. The van der Waals surface area contributed by atoms with Gasteiger partial charge in [0.1, 0.15) is 6.10 Å². The van der Waals surface area contributed by atoms with Crippen LogP contribution in [0, 0.1) is 5.92 Å². The van der Waals surface area contributed by atoms with Crippen molar-refractivity contribution in [3.63, 3.8) is 0 Å². The van der Waals surface area contributed by atoms with E-state index in [-0.39, 0.29) is 36.0 Å². The van der Waals surface area contributed by atoms with Crippen molar-refractivity contribution in [1.82, 2.24) is 0 Å². The molecule has 0 aromatic carbocycles. The van der Waals surface area contributed by atoms with E-state index in [1.807, 2.05) is 19.9 Å². The van der Waals surface area contributed by atoms with Gasteiger partial charge in [0.15, 0.2) is 23.3 Å². The van der Waals surface area contributed by atoms with Crippen LogP contribution in [0.4, 0.5) is 0 Å². The summed E-state index contributed by atoms with van der Waals surface area (Å²) in [6.07, 6.45) is 4.26. The van der Waals surface area contributed by atoms with Crippen LogP contribution < -0.4 is 0 Å². The molecule has 1 saturated heterocycles. The van der Waals surface area contributed by atoms with Gasteiger partial charge >= 0.3 is 5.97 Å². The highest BCUT2D eigenvalue weighted by molar-refractivity contribution is 6.05. The Morgan fingerprint density at radius 1 is 1.28 bits per heavy atom. The SMILES string of the molecule is C=C(C)C1CCC2=CC(CC(C)=CC(=O)C3OC3(C)C(=O)C1)OC2=O. The molecule has 5 heteroatoms. The molecule has 4 atom stereocenters. The van der Waals surface area contributed by atoms with Gasteiger partial charge in [-0.15, -0.1) is 0 Å². The lowest BCUT2D eigenvalue weighted by atomic mass is 9.85. The summed E-state index contributed by atoms with van der Waals surface area (Å²) in [5, 5.41) is 0. The van der Waals surface area contributed by atoms with Gasteiger partial charge < -0.3 is 9.47 Å². The van der Waals surface area contributed by atoms with Gasteiger partial charge in [0, 0.05) is 18.4 Å². The Hall–Kier alpha value is -2.01. The molecule has 4 unspecified atom stereocenters. The molecular formula is C20H24O5. The molecule has 0 N–H and O–H groups in total. The van der Waals surface area contributed by atoms with E-state index in [0.29, 0.717) is 24.8 Å². The number of allylic oxidation sites excluding steroid dienone is 1. The van der Waals surface area contributed by atoms with Crippen LogP contribution in [0.5, 0.6) is 0 Å². The second kappa shape index (κ2) is 6.37. The van der Waals surface area contributed by atoms with Gasteiger partial charge in [0.05, 0.1) is 0 Å². The van der Waals surface area contributed by atoms with Crippen molar-refractivity contribution < 1.29 is 23.9 Å². The zero-order valence-electron chi connectivity index (χ0n) is 15.0.